The van der Waals surface area contributed by atoms with Crippen LogP contribution in [-0.4, -0.2) is 47.8 Å². The predicted octanol–water partition coefficient (Wildman–Crippen LogP) is 0.757. The maximum absolute atomic E-state index is 11.6. The number of aliphatic carboxylic acids is 2. The smallest absolute Gasteiger partial charge is 0.311 e. The summed E-state index contributed by atoms with van der Waals surface area (Å²) in [7, 11) is 0. The summed E-state index contributed by atoms with van der Waals surface area (Å²) in [5.41, 5.74) is 0.933. The fraction of sp³-hybridized carbons (Fsp3) is 0.375. The van der Waals surface area contributed by atoms with E-state index in [9.17, 15) is 29.4 Å². The summed E-state index contributed by atoms with van der Waals surface area (Å²) in [6.07, 6.45) is -0.949. The molecule has 0 heterocycles. The van der Waals surface area contributed by atoms with Crippen molar-refractivity contribution in [2.75, 3.05) is 6.61 Å². The molecular formula is C16H16O8. The SMILES string of the molecule is O=COCC(OC=O)C1CC(C(=O)O)C(C(=O)O)c2ccccc21. The van der Waals surface area contributed by atoms with Gasteiger partial charge in [0.05, 0.1) is 11.8 Å². The molecule has 4 unspecified atom stereocenters. The number of carbonyl (C=O) groups is 4. The second kappa shape index (κ2) is 7.58. The van der Waals surface area contributed by atoms with E-state index in [2.05, 4.69) is 4.74 Å². The highest BCUT2D eigenvalue weighted by Crippen LogP contribution is 2.45. The highest BCUT2D eigenvalue weighted by atomic mass is 16.6. The van der Waals surface area contributed by atoms with Crippen LogP contribution >= 0.6 is 0 Å². The van der Waals surface area contributed by atoms with E-state index in [4.69, 9.17) is 4.74 Å². The molecule has 1 aromatic carbocycles. The molecule has 2 rings (SSSR count). The lowest BCUT2D eigenvalue weighted by Crippen LogP contribution is -2.39. The molecule has 0 aliphatic heterocycles. The Bertz CT molecular complexity index is 641. The second-order valence-electron chi connectivity index (χ2n) is 5.43. The first-order chi connectivity index (χ1) is 11.5. The molecule has 8 heteroatoms. The normalized spacial score (nSPS) is 23.4. The van der Waals surface area contributed by atoms with E-state index in [0.717, 1.165) is 0 Å². The lowest BCUT2D eigenvalue weighted by Gasteiger charge is -2.36. The van der Waals surface area contributed by atoms with Crippen molar-refractivity contribution in [1.29, 1.82) is 0 Å². The molecule has 8 nitrogen and oxygen atoms in total. The molecule has 0 fully saturated rings. The fourth-order valence-electron chi connectivity index (χ4n) is 3.24. The van der Waals surface area contributed by atoms with Gasteiger partial charge in [0.1, 0.15) is 12.7 Å². The van der Waals surface area contributed by atoms with Crippen LogP contribution in [0.3, 0.4) is 0 Å². The standard InChI is InChI=1S/C16H16O8/c17-7-23-6-13(24-8-18)11-5-12(15(19)20)14(16(21)22)10-4-2-1-3-9(10)11/h1-4,7-8,11-14H,5-6H2,(H,19,20)(H,21,22). The number of benzene rings is 1. The van der Waals surface area contributed by atoms with Crippen LogP contribution in [0.2, 0.25) is 0 Å². The Labute approximate surface area is 137 Å². The van der Waals surface area contributed by atoms with Gasteiger partial charge in [-0.25, -0.2) is 0 Å². The van der Waals surface area contributed by atoms with Gasteiger partial charge in [-0.3, -0.25) is 19.2 Å². The highest BCUT2D eigenvalue weighted by Gasteiger charge is 2.45. The van der Waals surface area contributed by atoms with Crippen molar-refractivity contribution >= 4 is 24.9 Å². The Hall–Kier alpha value is -2.90. The number of hydrogen-bond donors (Lipinski definition) is 2. The van der Waals surface area contributed by atoms with Gasteiger partial charge in [-0.05, 0) is 17.5 Å². The number of hydrogen-bond acceptors (Lipinski definition) is 6. The van der Waals surface area contributed by atoms with Crippen LogP contribution in [-0.2, 0) is 28.7 Å². The average Bonchev–Trinajstić information content (AvgIpc) is 2.56. The predicted molar refractivity (Wildman–Crippen MR) is 78.3 cm³/mol. The summed E-state index contributed by atoms with van der Waals surface area (Å²) in [5, 5.41) is 18.9. The number of carbonyl (C=O) groups excluding carboxylic acids is 2. The molecule has 0 spiro atoms. The van der Waals surface area contributed by atoms with Crippen molar-refractivity contribution in [3.05, 3.63) is 35.4 Å². The number of fused-ring (bicyclic) bond motifs is 1. The lowest BCUT2D eigenvalue weighted by molar-refractivity contribution is -0.153. The Morgan fingerprint density at radius 3 is 2.33 bits per heavy atom. The van der Waals surface area contributed by atoms with Crippen molar-refractivity contribution in [2.45, 2.75) is 24.4 Å². The quantitative estimate of drug-likeness (QED) is 0.666. The van der Waals surface area contributed by atoms with Crippen LogP contribution in [0.25, 0.3) is 0 Å². The summed E-state index contributed by atoms with van der Waals surface area (Å²) < 4.78 is 9.62. The molecule has 1 aromatic rings. The van der Waals surface area contributed by atoms with Gasteiger partial charge in [-0.1, -0.05) is 24.3 Å². The molecule has 2 N–H and O–H groups in total. The van der Waals surface area contributed by atoms with Crippen LogP contribution < -0.4 is 0 Å². The summed E-state index contributed by atoms with van der Waals surface area (Å²) in [5.74, 6) is -5.45. The number of ether oxygens (including phenoxy) is 2. The van der Waals surface area contributed by atoms with E-state index in [1.54, 1.807) is 24.3 Å². The summed E-state index contributed by atoms with van der Waals surface area (Å²) in [6.45, 7) is 0.149. The Morgan fingerprint density at radius 1 is 1.12 bits per heavy atom. The molecular weight excluding hydrogens is 320 g/mol. The molecule has 1 aliphatic rings. The molecule has 0 saturated carbocycles. The largest absolute Gasteiger partial charge is 0.481 e. The topological polar surface area (TPSA) is 127 Å². The molecule has 0 amide bonds. The molecule has 0 saturated heterocycles. The molecule has 0 radical (unpaired) electrons. The van der Waals surface area contributed by atoms with Gasteiger partial charge < -0.3 is 19.7 Å². The first-order valence-corrected chi connectivity index (χ1v) is 7.20. The van der Waals surface area contributed by atoms with Crippen molar-refractivity contribution in [3.8, 4) is 0 Å². The molecule has 0 bridgehead atoms. The molecule has 24 heavy (non-hydrogen) atoms. The van der Waals surface area contributed by atoms with Gasteiger partial charge in [0, 0.05) is 5.92 Å². The Morgan fingerprint density at radius 2 is 1.79 bits per heavy atom. The monoisotopic (exact) mass is 336 g/mol. The van der Waals surface area contributed by atoms with E-state index in [1.165, 1.54) is 0 Å². The zero-order valence-electron chi connectivity index (χ0n) is 12.5. The molecule has 0 aromatic heterocycles. The second-order valence-corrected chi connectivity index (χ2v) is 5.43. The van der Waals surface area contributed by atoms with Crippen molar-refractivity contribution in [3.63, 3.8) is 0 Å². The fourth-order valence-corrected chi connectivity index (χ4v) is 3.24. The van der Waals surface area contributed by atoms with E-state index in [0.29, 0.717) is 11.1 Å². The first kappa shape index (κ1) is 17.5. The molecule has 128 valence electrons. The molecule has 4 atom stereocenters. The third-order valence-corrected chi connectivity index (χ3v) is 4.23. The van der Waals surface area contributed by atoms with Gasteiger partial charge in [-0.2, -0.15) is 0 Å². The van der Waals surface area contributed by atoms with Gasteiger partial charge in [0.2, 0.25) is 0 Å². The minimum Gasteiger partial charge on any atom is -0.481 e. The maximum Gasteiger partial charge on any atom is 0.311 e. The van der Waals surface area contributed by atoms with Crippen LogP contribution in [0.15, 0.2) is 24.3 Å². The minimum absolute atomic E-state index is 0.0516. The minimum atomic E-state index is -1.25. The lowest BCUT2D eigenvalue weighted by atomic mass is 9.68. The van der Waals surface area contributed by atoms with Gasteiger partial charge in [0.15, 0.2) is 0 Å². The van der Waals surface area contributed by atoms with Crippen LogP contribution in [0, 0.1) is 5.92 Å². The summed E-state index contributed by atoms with van der Waals surface area (Å²) >= 11 is 0. The number of carboxylic acid groups (broad SMARTS) is 2. The zero-order chi connectivity index (χ0) is 17.7. The van der Waals surface area contributed by atoms with E-state index < -0.39 is 35.8 Å². The first-order valence-electron chi connectivity index (χ1n) is 7.20. The van der Waals surface area contributed by atoms with Gasteiger partial charge in [0.25, 0.3) is 12.9 Å². The zero-order valence-corrected chi connectivity index (χ0v) is 12.5. The van der Waals surface area contributed by atoms with Crippen LogP contribution in [0.1, 0.15) is 29.4 Å². The van der Waals surface area contributed by atoms with Crippen molar-refractivity contribution in [1.82, 2.24) is 0 Å². The van der Waals surface area contributed by atoms with E-state index in [-0.39, 0.29) is 26.0 Å². The van der Waals surface area contributed by atoms with Gasteiger partial charge >= 0.3 is 11.9 Å². The molecule has 1 aliphatic carbocycles. The Kier molecular flexibility index (Phi) is 5.51. The summed E-state index contributed by atoms with van der Waals surface area (Å²) in [6, 6.07) is 6.52. The third kappa shape index (κ3) is 3.37. The maximum atomic E-state index is 11.6. The van der Waals surface area contributed by atoms with Crippen LogP contribution in [0.4, 0.5) is 0 Å². The number of rotatable bonds is 8. The van der Waals surface area contributed by atoms with Crippen molar-refractivity contribution in [2.24, 2.45) is 5.92 Å². The Balaban J connectivity index is 2.49. The summed E-state index contributed by atoms with van der Waals surface area (Å²) in [4.78, 5) is 44.3. The van der Waals surface area contributed by atoms with E-state index in [1.807, 2.05) is 0 Å². The van der Waals surface area contributed by atoms with Crippen molar-refractivity contribution < 1.29 is 38.9 Å². The van der Waals surface area contributed by atoms with Crippen LogP contribution in [0.5, 0.6) is 0 Å². The number of carboxylic acids is 2. The van der Waals surface area contributed by atoms with E-state index >= 15 is 0 Å². The third-order valence-electron chi connectivity index (χ3n) is 4.23. The average molecular weight is 336 g/mol. The highest BCUT2D eigenvalue weighted by molar-refractivity contribution is 5.85. The van der Waals surface area contributed by atoms with Gasteiger partial charge in [-0.15, -0.1) is 0 Å².